The van der Waals surface area contributed by atoms with Gasteiger partial charge in [-0.1, -0.05) is 36.4 Å². The molecule has 2 atom stereocenters. The Morgan fingerprint density at radius 1 is 1.02 bits per heavy atom. The molecule has 2 N–H and O–H groups in total. The number of halogens is 1. The molecule has 1 amide bonds. The van der Waals surface area contributed by atoms with Gasteiger partial charge in [-0.3, -0.25) is 14.3 Å². The molecule has 2 aliphatic heterocycles. The number of aryl methyl sites for hydroxylation is 2. The first kappa shape index (κ1) is 27.9. The summed E-state index contributed by atoms with van der Waals surface area (Å²) in [6.07, 6.45) is 0.738. The maximum atomic E-state index is 14.8. The molecule has 4 aromatic rings. The van der Waals surface area contributed by atoms with E-state index in [0.29, 0.717) is 6.54 Å². The van der Waals surface area contributed by atoms with Gasteiger partial charge in [0.15, 0.2) is 17.3 Å². The molecule has 0 bridgehead atoms. The Kier molecular flexibility index (Phi) is 7.66. The molecule has 3 heterocycles. The van der Waals surface area contributed by atoms with Crippen LogP contribution in [0.1, 0.15) is 40.6 Å². The summed E-state index contributed by atoms with van der Waals surface area (Å²) in [5.41, 5.74) is 4.29. The van der Waals surface area contributed by atoms with Gasteiger partial charge in [-0.05, 0) is 67.7 Å². The Balaban J connectivity index is 1.20. The number of carbonyl (C=O) groups is 2. The van der Waals surface area contributed by atoms with E-state index in [2.05, 4.69) is 15.3 Å². The average Bonchev–Trinajstić information content (AvgIpc) is 3.62. The van der Waals surface area contributed by atoms with Crippen molar-refractivity contribution in [3.63, 3.8) is 0 Å². The van der Waals surface area contributed by atoms with Crippen molar-refractivity contribution in [1.82, 2.24) is 20.0 Å². The highest BCUT2D eigenvalue weighted by Crippen LogP contribution is 2.36. The number of aliphatic hydroxyl groups excluding tert-OH is 1. The molecule has 0 aliphatic carbocycles. The topological polar surface area (TPSA) is 106 Å². The quantitative estimate of drug-likeness (QED) is 0.243. The molecule has 0 saturated carbocycles. The maximum absolute atomic E-state index is 14.8. The minimum Gasteiger partial charge on any atom is -0.486 e. The predicted molar refractivity (Wildman–Crippen MR) is 155 cm³/mol. The molecular formula is C32H33FN4O5. The number of benzene rings is 3. The summed E-state index contributed by atoms with van der Waals surface area (Å²) in [5.74, 6) is -2.00. The van der Waals surface area contributed by atoms with E-state index in [1.807, 2.05) is 36.9 Å². The van der Waals surface area contributed by atoms with Crippen LogP contribution < -0.4 is 14.8 Å². The number of aliphatic hydroxyl groups is 1. The first-order valence-electron chi connectivity index (χ1n) is 14.2. The lowest BCUT2D eigenvalue weighted by atomic mass is 9.99. The van der Waals surface area contributed by atoms with Crippen molar-refractivity contribution in [3.05, 3.63) is 77.2 Å². The summed E-state index contributed by atoms with van der Waals surface area (Å²) in [6.45, 7) is 4.41. The number of nitrogens with one attached hydrogen (secondary N) is 1. The highest BCUT2D eigenvalue weighted by molar-refractivity contribution is 6.42. The molecular weight excluding hydrogens is 539 g/mol. The molecule has 0 spiro atoms. The van der Waals surface area contributed by atoms with Crippen LogP contribution in [0.2, 0.25) is 0 Å². The van der Waals surface area contributed by atoms with Gasteiger partial charge in [0.1, 0.15) is 19.3 Å². The van der Waals surface area contributed by atoms with Gasteiger partial charge < -0.3 is 24.8 Å². The Labute approximate surface area is 242 Å². The second-order valence-electron chi connectivity index (χ2n) is 10.9. The highest BCUT2D eigenvalue weighted by atomic mass is 19.1. The van der Waals surface area contributed by atoms with E-state index in [-0.39, 0.29) is 35.8 Å². The third kappa shape index (κ3) is 5.47. The molecule has 6 rings (SSSR count). The lowest BCUT2D eigenvalue weighted by Gasteiger charge is -2.29. The van der Waals surface area contributed by atoms with Crippen LogP contribution >= 0.6 is 0 Å². The van der Waals surface area contributed by atoms with E-state index in [1.165, 1.54) is 12.1 Å². The average molecular weight is 573 g/mol. The third-order valence-electron chi connectivity index (χ3n) is 8.03. The lowest BCUT2D eigenvalue weighted by molar-refractivity contribution is -0.118. The number of aromatic nitrogens is 2. The predicted octanol–water partition coefficient (Wildman–Crippen LogP) is 3.96. The van der Waals surface area contributed by atoms with Crippen molar-refractivity contribution in [3.8, 4) is 22.6 Å². The van der Waals surface area contributed by atoms with E-state index in [4.69, 9.17) is 9.47 Å². The molecule has 2 aliphatic rings. The van der Waals surface area contributed by atoms with Gasteiger partial charge in [-0.25, -0.2) is 4.39 Å². The van der Waals surface area contributed by atoms with Crippen LogP contribution in [0.15, 0.2) is 54.6 Å². The zero-order chi connectivity index (χ0) is 29.4. The van der Waals surface area contributed by atoms with Gasteiger partial charge in [0.25, 0.3) is 5.91 Å². The van der Waals surface area contributed by atoms with Crippen molar-refractivity contribution >= 4 is 22.6 Å². The first-order chi connectivity index (χ1) is 20.3. The van der Waals surface area contributed by atoms with Crippen LogP contribution in [-0.4, -0.2) is 70.4 Å². The van der Waals surface area contributed by atoms with Gasteiger partial charge in [-0.15, -0.1) is 0 Å². The first-order valence-corrected chi connectivity index (χ1v) is 14.2. The SMILES string of the molecule is Cc1nn(C)c2cc(-c3ccc(C(=O)C(=O)N[C@H](CN4CCCC4)[C@H](O)c4cc(F)c5c(c4)OCCO5)cc3)ccc12. The normalized spacial score (nSPS) is 16.4. The molecule has 10 heteroatoms. The van der Waals surface area contributed by atoms with Crippen LogP contribution in [0, 0.1) is 12.7 Å². The standard InChI is InChI=1S/C32H33FN4O5/c1-19-24-10-9-22(16-27(24)36(2)35-19)20-5-7-21(8-6-20)30(39)32(40)34-26(18-37-11-3-4-12-37)29(38)23-15-25(33)31-28(17-23)41-13-14-42-31/h5-10,15-17,26,29,38H,3-4,11-14,18H2,1-2H3,(H,34,40)/t26-,29-/m1/s1. The van der Waals surface area contributed by atoms with Crippen LogP contribution in [-0.2, 0) is 11.8 Å². The highest BCUT2D eigenvalue weighted by Gasteiger charge is 2.31. The van der Waals surface area contributed by atoms with Gasteiger partial charge >= 0.3 is 0 Å². The largest absolute Gasteiger partial charge is 0.486 e. The number of hydrogen-bond acceptors (Lipinski definition) is 7. The van der Waals surface area contributed by atoms with Gasteiger partial charge in [0, 0.05) is 24.5 Å². The molecule has 0 unspecified atom stereocenters. The van der Waals surface area contributed by atoms with E-state index in [0.717, 1.165) is 53.7 Å². The fraction of sp³-hybridized carbons (Fsp3) is 0.344. The zero-order valence-electron chi connectivity index (χ0n) is 23.6. The second-order valence-corrected chi connectivity index (χ2v) is 10.9. The Morgan fingerprint density at radius 3 is 2.50 bits per heavy atom. The van der Waals surface area contributed by atoms with Crippen molar-refractivity contribution in [2.45, 2.75) is 31.9 Å². The van der Waals surface area contributed by atoms with E-state index >= 15 is 0 Å². The molecule has 42 heavy (non-hydrogen) atoms. The van der Waals surface area contributed by atoms with E-state index in [1.54, 1.807) is 24.3 Å². The molecule has 9 nitrogen and oxygen atoms in total. The molecule has 1 fully saturated rings. The number of hydrogen-bond donors (Lipinski definition) is 2. The number of fused-ring (bicyclic) bond motifs is 2. The summed E-state index contributed by atoms with van der Waals surface area (Å²) in [5, 5.41) is 19.6. The molecule has 0 radical (unpaired) electrons. The molecule has 218 valence electrons. The number of amides is 1. The van der Waals surface area contributed by atoms with Crippen LogP contribution in [0.5, 0.6) is 11.5 Å². The summed E-state index contributed by atoms with van der Waals surface area (Å²) in [4.78, 5) is 28.5. The number of carbonyl (C=O) groups excluding carboxylic acids is 2. The van der Waals surface area contributed by atoms with Crippen molar-refractivity contribution in [1.29, 1.82) is 0 Å². The fourth-order valence-corrected chi connectivity index (χ4v) is 5.80. The van der Waals surface area contributed by atoms with Crippen molar-refractivity contribution in [2.75, 3.05) is 32.8 Å². The number of likely N-dealkylation sites (tertiary alicyclic amines) is 1. The minimum absolute atomic E-state index is 0.00584. The van der Waals surface area contributed by atoms with Gasteiger partial charge in [0.05, 0.1) is 17.3 Å². The van der Waals surface area contributed by atoms with Crippen LogP contribution in [0.25, 0.3) is 22.0 Å². The fourth-order valence-electron chi connectivity index (χ4n) is 5.80. The number of rotatable bonds is 8. The number of ether oxygens (including phenoxy) is 2. The number of ketones is 1. The lowest BCUT2D eigenvalue weighted by Crippen LogP contribution is -2.48. The molecule has 3 aromatic carbocycles. The Bertz CT molecular complexity index is 1650. The minimum atomic E-state index is -1.28. The summed E-state index contributed by atoms with van der Waals surface area (Å²) in [6, 6.07) is 14.8. The smallest absolute Gasteiger partial charge is 0.292 e. The summed E-state index contributed by atoms with van der Waals surface area (Å²) >= 11 is 0. The zero-order valence-corrected chi connectivity index (χ0v) is 23.6. The van der Waals surface area contributed by atoms with Crippen LogP contribution in [0.4, 0.5) is 4.39 Å². The summed E-state index contributed by atoms with van der Waals surface area (Å²) in [7, 11) is 1.90. The summed E-state index contributed by atoms with van der Waals surface area (Å²) < 4.78 is 27.5. The molecule has 1 aromatic heterocycles. The third-order valence-corrected chi connectivity index (χ3v) is 8.03. The maximum Gasteiger partial charge on any atom is 0.292 e. The van der Waals surface area contributed by atoms with E-state index < -0.39 is 29.7 Å². The van der Waals surface area contributed by atoms with E-state index in [9.17, 15) is 19.1 Å². The monoisotopic (exact) mass is 572 g/mol. The van der Waals surface area contributed by atoms with Crippen molar-refractivity contribution in [2.24, 2.45) is 7.05 Å². The molecule has 1 saturated heterocycles. The van der Waals surface area contributed by atoms with Crippen molar-refractivity contribution < 1.29 is 28.6 Å². The number of nitrogens with zero attached hydrogens (tertiary/aromatic N) is 3. The number of Topliss-reactive ketones (excluding diaryl/α,β-unsaturated/α-hetero) is 1. The van der Waals surface area contributed by atoms with Crippen LogP contribution in [0.3, 0.4) is 0 Å². The second kappa shape index (κ2) is 11.5. The Hall–Kier alpha value is -4.28. The van der Waals surface area contributed by atoms with Gasteiger partial charge in [0.2, 0.25) is 5.78 Å². The Morgan fingerprint density at radius 2 is 1.74 bits per heavy atom. The van der Waals surface area contributed by atoms with Gasteiger partial charge in [-0.2, -0.15) is 5.10 Å².